The molecule has 0 fully saturated rings. The number of rotatable bonds is 4. The van der Waals surface area contributed by atoms with E-state index >= 15 is 0 Å². The van der Waals surface area contributed by atoms with Gasteiger partial charge in [0.2, 0.25) is 5.91 Å². The Bertz CT molecular complexity index is 647. The zero-order valence-electron chi connectivity index (χ0n) is 12.1. The second-order valence-corrected chi connectivity index (χ2v) is 5.03. The van der Waals surface area contributed by atoms with Gasteiger partial charge in [0.25, 0.3) is 0 Å². The minimum absolute atomic E-state index is 0.166. The van der Waals surface area contributed by atoms with E-state index in [1.54, 1.807) is 18.2 Å². The molecule has 2 rings (SSSR count). The van der Waals surface area contributed by atoms with Crippen molar-refractivity contribution in [3.63, 3.8) is 0 Å². The zero-order chi connectivity index (χ0) is 15.2. The second kappa shape index (κ2) is 6.84. The topological polar surface area (TPSA) is 29.1 Å². The summed E-state index contributed by atoms with van der Waals surface area (Å²) < 4.78 is 12.9. The molecule has 0 bridgehead atoms. The van der Waals surface area contributed by atoms with Gasteiger partial charge in [-0.05, 0) is 43.2 Å². The fourth-order valence-corrected chi connectivity index (χ4v) is 2.04. The maximum absolute atomic E-state index is 12.9. The average molecular weight is 283 g/mol. The van der Waals surface area contributed by atoms with Gasteiger partial charge >= 0.3 is 0 Å². The van der Waals surface area contributed by atoms with Crippen molar-refractivity contribution in [3.8, 4) is 0 Å². The lowest BCUT2D eigenvalue weighted by molar-refractivity contribution is -0.117. The first-order valence-corrected chi connectivity index (χ1v) is 6.85. The summed E-state index contributed by atoms with van der Waals surface area (Å²) in [5.74, 6) is -0.454. The van der Waals surface area contributed by atoms with E-state index < -0.39 is 0 Å². The molecule has 0 heterocycles. The Morgan fingerprint density at radius 3 is 2.57 bits per heavy atom. The number of halogens is 1. The molecule has 1 atom stereocenters. The molecule has 3 heteroatoms. The van der Waals surface area contributed by atoms with E-state index in [1.165, 1.54) is 18.2 Å². The summed E-state index contributed by atoms with van der Waals surface area (Å²) in [7, 11) is 0. The van der Waals surface area contributed by atoms with Crippen molar-refractivity contribution >= 4 is 12.0 Å². The lowest BCUT2D eigenvalue weighted by Crippen LogP contribution is -2.24. The third-order valence-electron chi connectivity index (χ3n) is 3.20. The molecule has 0 aliphatic heterocycles. The van der Waals surface area contributed by atoms with E-state index in [9.17, 15) is 9.18 Å². The van der Waals surface area contributed by atoms with Crippen LogP contribution in [0.3, 0.4) is 0 Å². The Hall–Kier alpha value is -2.42. The van der Waals surface area contributed by atoms with Crippen LogP contribution in [0.25, 0.3) is 6.08 Å². The van der Waals surface area contributed by atoms with Crippen LogP contribution in [0.2, 0.25) is 0 Å². The van der Waals surface area contributed by atoms with E-state index in [2.05, 4.69) is 5.32 Å². The minimum Gasteiger partial charge on any atom is -0.346 e. The lowest BCUT2D eigenvalue weighted by Gasteiger charge is -2.12. The molecule has 1 N–H and O–H groups in total. The number of benzene rings is 2. The number of carbonyl (C=O) groups is 1. The zero-order valence-corrected chi connectivity index (χ0v) is 12.1. The molecular formula is C18H18FNO. The number of aryl methyl sites for hydroxylation is 1. The van der Waals surface area contributed by atoms with Crippen LogP contribution in [-0.2, 0) is 4.79 Å². The molecule has 1 unspecified atom stereocenters. The Morgan fingerprint density at radius 1 is 1.19 bits per heavy atom. The van der Waals surface area contributed by atoms with Crippen LogP contribution in [0.15, 0.2) is 54.6 Å². The van der Waals surface area contributed by atoms with Crippen molar-refractivity contribution in [1.29, 1.82) is 0 Å². The van der Waals surface area contributed by atoms with Gasteiger partial charge in [-0.15, -0.1) is 0 Å². The third-order valence-corrected chi connectivity index (χ3v) is 3.20. The highest BCUT2D eigenvalue weighted by molar-refractivity contribution is 5.91. The van der Waals surface area contributed by atoms with E-state index in [0.717, 1.165) is 16.7 Å². The summed E-state index contributed by atoms with van der Waals surface area (Å²) in [6.07, 6.45) is 3.29. The molecular weight excluding hydrogens is 265 g/mol. The smallest absolute Gasteiger partial charge is 0.244 e. The van der Waals surface area contributed by atoms with E-state index in [0.29, 0.717) is 0 Å². The maximum atomic E-state index is 12.9. The first-order valence-electron chi connectivity index (χ1n) is 6.85. The van der Waals surface area contributed by atoms with Crippen molar-refractivity contribution < 1.29 is 9.18 Å². The molecule has 21 heavy (non-hydrogen) atoms. The molecule has 0 saturated heterocycles. The highest BCUT2D eigenvalue weighted by Crippen LogP contribution is 2.13. The largest absolute Gasteiger partial charge is 0.346 e. The number of amides is 1. The van der Waals surface area contributed by atoms with Crippen LogP contribution < -0.4 is 5.32 Å². The monoisotopic (exact) mass is 283 g/mol. The summed E-state index contributed by atoms with van der Waals surface area (Å²) in [4.78, 5) is 11.9. The molecule has 0 aliphatic rings. The number of nitrogens with one attached hydrogen (secondary N) is 1. The molecule has 108 valence electrons. The van der Waals surface area contributed by atoms with Crippen LogP contribution in [0.1, 0.15) is 29.7 Å². The molecule has 0 saturated carbocycles. The van der Waals surface area contributed by atoms with Crippen molar-refractivity contribution in [2.45, 2.75) is 19.9 Å². The van der Waals surface area contributed by atoms with Crippen molar-refractivity contribution in [1.82, 2.24) is 5.32 Å². The number of hydrogen-bond acceptors (Lipinski definition) is 1. The molecule has 2 aromatic rings. The molecule has 1 amide bonds. The summed E-state index contributed by atoms with van der Waals surface area (Å²) >= 11 is 0. The standard InChI is InChI=1S/C18H18FNO/c1-13-4-3-5-15(12-13)6-11-18(21)20-14(2)16-7-9-17(19)10-8-16/h3-12,14H,1-2H3,(H,20,21)/b11-6+. The SMILES string of the molecule is Cc1cccc(/C=C/C(=O)NC(C)c2ccc(F)cc2)c1. The average Bonchev–Trinajstić information content (AvgIpc) is 2.46. The van der Waals surface area contributed by atoms with Crippen molar-refractivity contribution in [2.24, 2.45) is 0 Å². The van der Waals surface area contributed by atoms with Gasteiger partial charge < -0.3 is 5.32 Å². The van der Waals surface area contributed by atoms with Gasteiger partial charge in [-0.2, -0.15) is 0 Å². The molecule has 2 nitrogen and oxygen atoms in total. The Balaban J connectivity index is 1.96. The van der Waals surface area contributed by atoms with Gasteiger partial charge in [0, 0.05) is 6.08 Å². The first kappa shape index (κ1) is 15.0. The Labute approximate surface area is 124 Å². The summed E-state index contributed by atoms with van der Waals surface area (Å²) in [6.45, 7) is 3.87. The van der Waals surface area contributed by atoms with Crippen LogP contribution in [0.4, 0.5) is 4.39 Å². The molecule has 0 spiro atoms. The highest BCUT2D eigenvalue weighted by atomic mass is 19.1. The van der Waals surface area contributed by atoms with Crippen LogP contribution >= 0.6 is 0 Å². The lowest BCUT2D eigenvalue weighted by atomic mass is 10.1. The summed E-state index contributed by atoms with van der Waals surface area (Å²) in [6, 6.07) is 13.9. The summed E-state index contributed by atoms with van der Waals surface area (Å²) in [5, 5.41) is 2.85. The predicted octanol–water partition coefficient (Wildman–Crippen LogP) is 4.02. The van der Waals surface area contributed by atoms with Gasteiger partial charge in [0.05, 0.1) is 6.04 Å². The summed E-state index contributed by atoms with van der Waals surface area (Å²) in [5.41, 5.74) is 3.01. The van der Waals surface area contributed by atoms with E-state index in [1.807, 2.05) is 38.1 Å². The van der Waals surface area contributed by atoms with Gasteiger partial charge in [-0.1, -0.05) is 42.0 Å². The van der Waals surface area contributed by atoms with Crippen LogP contribution in [0, 0.1) is 12.7 Å². The van der Waals surface area contributed by atoms with Crippen LogP contribution in [0.5, 0.6) is 0 Å². The third kappa shape index (κ3) is 4.56. The van der Waals surface area contributed by atoms with Crippen LogP contribution in [-0.4, -0.2) is 5.91 Å². The molecule has 0 aromatic heterocycles. The molecule has 2 aromatic carbocycles. The highest BCUT2D eigenvalue weighted by Gasteiger charge is 2.07. The maximum Gasteiger partial charge on any atom is 0.244 e. The number of hydrogen-bond donors (Lipinski definition) is 1. The van der Waals surface area contributed by atoms with Gasteiger partial charge in [0.15, 0.2) is 0 Å². The first-order chi connectivity index (χ1) is 10.0. The number of carbonyl (C=O) groups excluding carboxylic acids is 1. The minimum atomic E-state index is -0.281. The van der Waals surface area contributed by atoms with Crippen molar-refractivity contribution in [3.05, 3.63) is 77.1 Å². The fourth-order valence-electron chi connectivity index (χ4n) is 2.04. The van der Waals surface area contributed by atoms with Gasteiger partial charge in [-0.25, -0.2) is 4.39 Å². The normalized spacial score (nSPS) is 12.3. The van der Waals surface area contributed by atoms with E-state index in [4.69, 9.17) is 0 Å². The predicted molar refractivity (Wildman–Crippen MR) is 83.2 cm³/mol. The molecule has 0 aliphatic carbocycles. The quantitative estimate of drug-likeness (QED) is 0.843. The second-order valence-electron chi connectivity index (χ2n) is 5.03. The van der Waals surface area contributed by atoms with E-state index in [-0.39, 0.29) is 17.8 Å². The Kier molecular flexibility index (Phi) is 4.88. The van der Waals surface area contributed by atoms with Gasteiger partial charge in [0.1, 0.15) is 5.82 Å². The van der Waals surface area contributed by atoms with Gasteiger partial charge in [-0.3, -0.25) is 4.79 Å². The molecule has 0 radical (unpaired) electrons. The van der Waals surface area contributed by atoms with Crippen molar-refractivity contribution in [2.75, 3.05) is 0 Å². The Morgan fingerprint density at radius 2 is 1.90 bits per heavy atom. The fraction of sp³-hybridized carbons (Fsp3) is 0.167.